The quantitative estimate of drug-likeness (QED) is 0.869. The van der Waals surface area contributed by atoms with E-state index >= 15 is 0 Å². The second kappa shape index (κ2) is 6.93. The standard InChI is InChI=1S/C14H21F2N3/c1-18(9-10-19-7-5-17-6-8-19)11-12-13(15)3-2-4-14(12)16/h2-4,17H,5-11H2,1H3. The smallest absolute Gasteiger partial charge is 0.130 e. The van der Waals surface area contributed by atoms with Gasteiger partial charge in [0.05, 0.1) is 0 Å². The van der Waals surface area contributed by atoms with E-state index in [0.29, 0.717) is 6.54 Å². The van der Waals surface area contributed by atoms with Crippen LogP contribution in [0.4, 0.5) is 8.78 Å². The lowest BCUT2D eigenvalue weighted by atomic mass is 10.2. The second-order valence-electron chi connectivity index (χ2n) is 5.03. The molecule has 0 radical (unpaired) electrons. The first kappa shape index (κ1) is 14.4. The molecular formula is C14H21F2N3. The molecule has 0 aliphatic carbocycles. The third kappa shape index (κ3) is 4.23. The molecule has 0 bridgehead atoms. The Labute approximate surface area is 113 Å². The van der Waals surface area contributed by atoms with Crippen LogP contribution < -0.4 is 5.32 Å². The van der Waals surface area contributed by atoms with Gasteiger partial charge in [-0.15, -0.1) is 0 Å². The molecule has 1 N–H and O–H groups in total. The molecule has 1 heterocycles. The van der Waals surface area contributed by atoms with Gasteiger partial charge in [0.15, 0.2) is 0 Å². The Balaban J connectivity index is 1.82. The molecule has 1 aromatic rings. The number of rotatable bonds is 5. The summed E-state index contributed by atoms with van der Waals surface area (Å²) in [5.41, 5.74) is 0.158. The maximum absolute atomic E-state index is 13.5. The minimum atomic E-state index is -0.464. The fourth-order valence-electron chi connectivity index (χ4n) is 2.28. The van der Waals surface area contributed by atoms with E-state index in [9.17, 15) is 8.78 Å². The lowest BCUT2D eigenvalue weighted by Crippen LogP contribution is -2.45. The number of likely N-dealkylation sites (N-methyl/N-ethyl adjacent to an activating group) is 1. The first-order valence-electron chi connectivity index (χ1n) is 6.71. The van der Waals surface area contributed by atoms with Crippen LogP contribution >= 0.6 is 0 Å². The van der Waals surface area contributed by atoms with Crippen molar-refractivity contribution in [3.63, 3.8) is 0 Å². The predicted octanol–water partition coefficient (Wildman–Crippen LogP) is 1.30. The molecule has 0 atom stereocenters. The van der Waals surface area contributed by atoms with Crippen molar-refractivity contribution in [3.05, 3.63) is 35.4 Å². The summed E-state index contributed by atoms with van der Waals surface area (Å²) in [6.07, 6.45) is 0. The predicted molar refractivity (Wildman–Crippen MR) is 72.0 cm³/mol. The molecule has 3 nitrogen and oxygen atoms in total. The van der Waals surface area contributed by atoms with Gasteiger partial charge in [-0.2, -0.15) is 0 Å². The van der Waals surface area contributed by atoms with Crippen LogP contribution in [0.1, 0.15) is 5.56 Å². The van der Waals surface area contributed by atoms with E-state index in [-0.39, 0.29) is 5.56 Å². The maximum atomic E-state index is 13.5. The number of halogens is 2. The topological polar surface area (TPSA) is 18.5 Å². The van der Waals surface area contributed by atoms with Crippen LogP contribution in [0, 0.1) is 11.6 Å². The number of hydrogen-bond donors (Lipinski definition) is 1. The molecule has 0 unspecified atom stereocenters. The Kier molecular flexibility index (Phi) is 5.24. The van der Waals surface area contributed by atoms with E-state index in [1.807, 2.05) is 11.9 Å². The first-order chi connectivity index (χ1) is 9.16. The van der Waals surface area contributed by atoms with E-state index in [1.165, 1.54) is 18.2 Å². The summed E-state index contributed by atoms with van der Waals surface area (Å²) < 4.78 is 27.0. The van der Waals surface area contributed by atoms with E-state index in [0.717, 1.165) is 39.3 Å². The molecule has 5 heteroatoms. The zero-order valence-corrected chi connectivity index (χ0v) is 11.3. The highest BCUT2D eigenvalue weighted by Gasteiger charge is 2.13. The third-order valence-corrected chi connectivity index (χ3v) is 3.50. The highest BCUT2D eigenvalue weighted by Crippen LogP contribution is 2.13. The van der Waals surface area contributed by atoms with Gasteiger partial charge in [0.2, 0.25) is 0 Å². The molecular weight excluding hydrogens is 248 g/mol. The molecule has 0 aromatic heterocycles. The average Bonchev–Trinajstić information content (AvgIpc) is 2.42. The summed E-state index contributed by atoms with van der Waals surface area (Å²) in [4.78, 5) is 4.33. The van der Waals surface area contributed by atoms with Crippen molar-refractivity contribution in [1.29, 1.82) is 0 Å². The summed E-state index contributed by atoms with van der Waals surface area (Å²) in [6.45, 7) is 6.19. The average molecular weight is 269 g/mol. The van der Waals surface area contributed by atoms with Gasteiger partial charge in [-0.3, -0.25) is 4.90 Å². The molecule has 1 fully saturated rings. The molecule has 1 aliphatic heterocycles. The number of nitrogens with one attached hydrogen (secondary N) is 1. The number of hydrogen-bond acceptors (Lipinski definition) is 3. The van der Waals surface area contributed by atoms with Crippen molar-refractivity contribution in [2.24, 2.45) is 0 Å². The van der Waals surface area contributed by atoms with Crippen LogP contribution in [-0.2, 0) is 6.54 Å². The summed E-state index contributed by atoms with van der Waals surface area (Å²) in [5, 5.41) is 3.30. The zero-order valence-electron chi connectivity index (χ0n) is 11.3. The van der Waals surface area contributed by atoms with Crippen LogP contribution in [0.15, 0.2) is 18.2 Å². The van der Waals surface area contributed by atoms with Crippen LogP contribution in [0.25, 0.3) is 0 Å². The molecule has 0 saturated carbocycles. The van der Waals surface area contributed by atoms with Crippen molar-refractivity contribution in [1.82, 2.24) is 15.1 Å². The lowest BCUT2D eigenvalue weighted by molar-refractivity contribution is 0.200. The number of piperazine rings is 1. The highest BCUT2D eigenvalue weighted by molar-refractivity contribution is 5.19. The number of nitrogens with zero attached hydrogens (tertiary/aromatic N) is 2. The maximum Gasteiger partial charge on any atom is 0.130 e. The summed E-state index contributed by atoms with van der Waals surface area (Å²) >= 11 is 0. The van der Waals surface area contributed by atoms with Crippen molar-refractivity contribution >= 4 is 0 Å². The van der Waals surface area contributed by atoms with Crippen molar-refractivity contribution in [3.8, 4) is 0 Å². The molecule has 0 spiro atoms. The Bertz CT molecular complexity index is 385. The van der Waals surface area contributed by atoms with Crippen molar-refractivity contribution < 1.29 is 8.78 Å². The van der Waals surface area contributed by atoms with Gasteiger partial charge in [-0.1, -0.05) is 6.07 Å². The SMILES string of the molecule is CN(CCN1CCNCC1)Cc1c(F)cccc1F. The fourth-order valence-corrected chi connectivity index (χ4v) is 2.28. The van der Waals surface area contributed by atoms with Crippen molar-refractivity contribution in [2.75, 3.05) is 46.3 Å². The Morgan fingerprint density at radius 3 is 2.47 bits per heavy atom. The van der Waals surface area contributed by atoms with Gasteiger partial charge in [0, 0.05) is 51.4 Å². The van der Waals surface area contributed by atoms with E-state index in [1.54, 1.807) is 0 Å². The monoisotopic (exact) mass is 269 g/mol. The van der Waals surface area contributed by atoms with Gasteiger partial charge in [-0.25, -0.2) is 8.78 Å². The minimum Gasteiger partial charge on any atom is -0.314 e. The zero-order chi connectivity index (χ0) is 13.7. The van der Waals surface area contributed by atoms with Gasteiger partial charge >= 0.3 is 0 Å². The first-order valence-corrected chi connectivity index (χ1v) is 6.71. The van der Waals surface area contributed by atoms with E-state index in [4.69, 9.17) is 0 Å². The Morgan fingerprint density at radius 2 is 1.84 bits per heavy atom. The molecule has 19 heavy (non-hydrogen) atoms. The third-order valence-electron chi connectivity index (χ3n) is 3.50. The van der Waals surface area contributed by atoms with Crippen LogP contribution in [0.2, 0.25) is 0 Å². The van der Waals surface area contributed by atoms with Crippen LogP contribution in [-0.4, -0.2) is 56.1 Å². The van der Waals surface area contributed by atoms with Gasteiger partial charge in [-0.05, 0) is 19.2 Å². The second-order valence-corrected chi connectivity index (χ2v) is 5.03. The van der Waals surface area contributed by atoms with Gasteiger partial charge < -0.3 is 10.2 Å². The van der Waals surface area contributed by atoms with Crippen LogP contribution in [0.5, 0.6) is 0 Å². The Morgan fingerprint density at radius 1 is 1.21 bits per heavy atom. The summed E-state index contributed by atoms with van der Waals surface area (Å²) in [6, 6.07) is 4.01. The Hall–Kier alpha value is -1.04. The summed E-state index contributed by atoms with van der Waals surface area (Å²) in [7, 11) is 1.90. The molecule has 106 valence electrons. The molecule has 1 saturated heterocycles. The lowest BCUT2D eigenvalue weighted by Gasteiger charge is -2.29. The number of benzene rings is 1. The molecule has 1 aromatic carbocycles. The minimum absolute atomic E-state index is 0.158. The van der Waals surface area contributed by atoms with E-state index in [2.05, 4.69) is 10.2 Å². The fraction of sp³-hybridized carbons (Fsp3) is 0.571. The van der Waals surface area contributed by atoms with Gasteiger partial charge in [0.25, 0.3) is 0 Å². The summed E-state index contributed by atoms with van der Waals surface area (Å²) in [5.74, 6) is -0.928. The largest absolute Gasteiger partial charge is 0.314 e. The van der Waals surface area contributed by atoms with Gasteiger partial charge in [0.1, 0.15) is 11.6 Å². The van der Waals surface area contributed by atoms with Crippen molar-refractivity contribution in [2.45, 2.75) is 6.54 Å². The van der Waals surface area contributed by atoms with Crippen LogP contribution in [0.3, 0.4) is 0 Å². The highest BCUT2D eigenvalue weighted by atomic mass is 19.1. The van der Waals surface area contributed by atoms with E-state index < -0.39 is 11.6 Å². The molecule has 2 rings (SSSR count). The normalized spacial score (nSPS) is 17.1. The molecule has 1 aliphatic rings. The molecule has 0 amide bonds.